The van der Waals surface area contributed by atoms with Crippen LogP contribution in [0, 0.1) is 0 Å². The molecular weight excluding hydrogens is 699 g/mol. The Labute approximate surface area is 341 Å². The molecule has 0 amide bonds. The zero-order chi connectivity index (χ0) is 38.9. The van der Waals surface area contributed by atoms with Crippen LogP contribution in [0.3, 0.4) is 0 Å². The number of benzene rings is 2. The van der Waals surface area contributed by atoms with E-state index in [2.05, 4.69) is 101 Å². The Hall–Kier alpha value is -2.25. The third-order valence-corrected chi connectivity index (χ3v) is 11.7. The van der Waals surface area contributed by atoms with Crippen molar-refractivity contribution in [2.45, 2.75) is 212 Å². The average molecular weight is 782 g/mol. The minimum absolute atomic E-state index is 0.874. The van der Waals surface area contributed by atoms with E-state index in [4.69, 9.17) is 0 Å². The van der Waals surface area contributed by atoms with Crippen LogP contribution in [-0.2, 0) is 27.3 Å². The second-order valence-corrected chi connectivity index (χ2v) is 17.3. The fraction of sp³-hybridized carbons (Fsp3) is 0.647. The molecule has 0 bridgehead atoms. The van der Waals surface area contributed by atoms with Gasteiger partial charge in [-0.05, 0) is 81.2 Å². The molecule has 1 aliphatic heterocycles. The number of aryl methyl sites for hydroxylation is 2. The van der Waals surface area contributed by atoms with Crippen LogP contribution in [0.25, 0.3) is 16.9 Å². The Bertz CT molecular complexity index is 1330. The number of hydrogen-bond acceptors (Lipinski definition) is 0. The van der Waals surface area contributed by atoms with Crippen molar-refractivity contribution in [3.8, 4) is 0 Å². The summed E-state index contributed by atoms with van der Waals surface area (Å²) in [6, 6.07) is 17.3. The van der Waals surface area contributed by atoms with E-state index >= 15 is 0 Å². The zero-order valence-electron chi connectivity index (χ0n) is 35.9. The Kier molecular flexibility index (Phi) is 29.2. The molecule has 0 saturated heterocycles. The van der Waals surface area contributed by atoms with Crippen LogP contribution in [-0.4, -0.2) is 4.70 Å². The molecule has 0 atom stereocenters. The van der Waals surface area contributed by atoms with Gasteiger partial charge in [-0.15, -0.1) is 0 Å². The van der Waals surface area contributed by atoms with Crippen molar-refractivity contribution < 1.29 is 19.1 Å². The minimum atomic E-state index is 0.874. The van der Waals surface area contributed by atoms with E-state index in [-0.39, 0.29) is 0 Å². The molecule has 0 N–H and O–H groups in total. The van der Waals surface area contributed by atoms with E-state index in [1.807, 2.05) is 14.4 Å². The monoisotopic (exact) mass is 781 g/mol. The molecule has 0 aromatic heterocycles. The molecule has 1 heterocycles. The first-order valence-electron chi connectivity index (χ1n) is 22.8. The molecule has 2 aromatic carbocycles. The molecule has 0 unspecified atom stereocenters. The molecule has 2 nitrogen and oxygen atoms in total. The van der Waals surface area contributed by atoms with Gasteiger partial charge in [-0.2, -0.15) is 0 Å². The van der Waals surface area contributed by atoms with Gasteiger partial charge in [0.2, 0.25) is 11.4 Å². The van der Waals surface area contributed by atoms with Gasteiger partial charge < -0.3 is 5.53 Å². The third kappa shape index (κ3) is 21.2. The van der Waals surface area contributed by atoms with Crippen LogP contribution >= 0.6 is 0 Å². The first kappa shape index (κ1) is 47.9. The van der Waals surface area contributed by atoms with Gasteiger partial charge in [0, 0.05) is 22.8 Å². The maximum absolute atomic E-state index is 11.4. The Morgan fingerprint density at radius 3 is 1.61 bits per heavy atom. The second kappa shape index (κ2) is 32.9. The van der Waals surface area contributed by atoms with Crippen LogP contribution < -0.4 is 0 Å². The molecule has 0 radical (unpaired) electrons. The molecule has 3 heteroatoms. The summed E-state index contributed by atoms with van der Waals surface area (Å²) in [5.74, 6) is 0. The van der Waals surface area contributed by atoms with E-state index in [0.717, 1.165) is 53.8 Å². The summed E-state index contributed by atoms with van der Waals surface area (Å²) in [6.45, 7) is 11.0. The SMILES string of the molecule is CCCCCCCCCCCCCCCCCCCCCC=CCCCc1ccccc1C1=C(C)C=C(c2cccc(CCCC)c2)[N+]1=[N-].C[CH2][Ni][CH2]C. The number of allylic oxidation sites excluding steroid dienone is 4. The van der Waals surface area contributed by atoms with Crippen molar-refractivity contribution in [2.24, 2.45) is 0 Å². The van der Waals surface area contributed by atoms with Crippen LogP contribution in [0.5, 0.6) is 0 Å². The molecule has 54 heavy (non-hydrogen) atoms. The number of hydrogen-bond donors (Lipinski definition) is 0. The third-order valence-electron chi connectivity index (χ3n) is 10.8. The van der Waals surface area contributed by atoms with E-state index in [9.17, 15) is 5.53 Å². The van der Waals surface area contributed by atoms with Gasteiger partial charge in [0.05, 0.1) is 0 Å². The maximum atomic E-state index is 11.4. The fourth-order valence-electron chi connectivity index (χ4n) is 7.54. The summed E-state index contributed by atoms with van der Waals surface area (Å²) in [5, 5.41) is 2.56. The molecule has 1 aliphatic rings. The average Bonchev–Trinajstić information content (AvgIpc) is 3.49. The van der Waals surface area contributed by atoms with Crippen molar-refractivity contribution in [3.63, 3.8) is 0 Å². The first-order chi connectivity index (χ1) is 26.6. The fourth-order valence-corrected chi connectivity index (χ4v) is 8.03. The van der Waals surface area contributed by atoms with Crippen molar-refractivity contribution in [1.82, 2.24) is 0 Å². The molecule has 0 aliphatic carbocycles. The summed E-state index contributed by atoms with van der Waals surface area (Å²) in [7, 11) is 0. The van der Waals surface area contributed by atoms with E-state index in [0.29, 0.717) is 0 Å². The molecule has 306 valence electrons. The quantitative estimate of drug-likeness (QED) is 0.0315. The van der Waals surface area contributed by atoms with E-state index < -0.39 is 0 Å². The molecular formula is C51H82N2Ni. The topological polar surface area (TPSA) is 25.3 Å². The summed E-state index contributed by atoms with van der Waals surface area (Å²) in [4.78, 5) is 0. The number of rotatable bonds is 31. The molecule has 0 saturated carbocycles. The normalized spacial score (nSPS) is 12.9. The van der Waals surface area contributed by atoms with Crippen LogP contribution in [0.4, 0.5) is 0 Å². The van der Waals surface area contributed by atoms with Gasteiger partial charge in [0.1, 0.15) is 0 Å². The zero-order valence-corrected chi connectivity index (χ0v) is 36.8. The van der Waals surface area contributed by atoms with E-state index in [1.165, 1.54) is 168 Å². The van der Waals surface area contributed by atoms with Crippen molar-refractivity contribution >= 4 is 11.4 Å². The van der Waals surface area contributed by atoms with Gasteiger partial charge in [0.25, 0.3) is 0 Å². The van der Waals surface area contributed by atoms with Crippen molar-refractivity contribution in [2.75, 3.05) is 0 Å². The summed E-state index contributed by atoms with van der Waals surface area (Å²) in [6.07, 6.45) is 42.1. The van der Waals surface area contributed by atoms with Crippen LogP contribution in [0.15, 0.2) is 72.3 Å². The standard InChI is InChI=1S/C47H72N2.2C2H5.Ni/c1-4-6-8-9-10-11-12-13-14-15-16-17-18-19-20-21-22-23-24-25-26-27-28-29-35-43-36-30-31-38-45(43)47-41(3)39-46(49(47)48)44-37-32-34-42(40-44)33-7-5-2;2*1-2;/h26-27,30-32,34,36-40H,4-25,28-29,33,35H2,1-3H3;2*1H2,2H3;. The van der Waals surface area contributed by atoms with E-state index in [1.54, 1.807) is 0 Å². The Morgan fingerprint density at radius 1 is 0.556 bits per heavy atom. The van der Waals surface area contributed by atoms with Gasteiger partial charge >= 0.3 is 39.1 Å². The molecule has 2 aromatic rings. The van der Waals surface area contributed by atoms with Crippen LogP contribution in [0.1, 0.15) is 211 Å². The van der Waals surface area contributed by atoms with Gasteiger partial charge in [0.15, 0.2) is 0 Å². The number of unbranched alkanes of at least 4 members (excludes halogenated alkanes) is 21. The van der Waals surface area contributed by atoms with Crippen LogP contribution in [0.2, 0.25) is 10.8 Å². The van der Waals surface area contributed by atoms with Gasteiger partial charge in [-0.25, -0.2) is 4.70 Å². The van der Waals surface area contributed by atoms with Gasteiger partial charge in [-0.1, -0.05) is 178 Å². The predicted octanol–water partition coefficient (Wildman–Crippen LogP) is 17.5. The second-order valence-electron chi connectivity index (χ2n) is 15.5. The number of nitrogens with zero attached hydrogens (tertiary/aromatic N) is 2. The molecule has 0 fully saturated rings. The summed E-state index contributed by atoms with van der Waals surface area (Å²) >= 11 is 1.82. The summed E-state index contributed by atoms with van der Waals surface area (Å²) < 4.78 is 1.42. The van der Waals surface area contributed by atoms with Crippen molar-refractivity contribution in [3.05, 3.63) is 100 Å². The predicted molar refractivity (Wildman–Crippen MR) is 237 cm³/mol. The first-order valence-corrected chi connectivity index (χ1v) is 24.2. The molecule has 3 rings (SSSR count). The van der Waals surface area contributed by atoms with Gasteiger partial charge in [-0.3, -0.25) is 0 Å². The Balaban J connectivity index is 0.00000188. The Morgan fingerprint density at radius 2 is 1.07 bits per heavy atom. The summed E-state index contributed by atoms with van der Waals surface area (Å²) in [5.41, 5.74) is 19.2. The van der Waals surface area contributed by atoms with Crippen molar-refractivity contribution in [1.29, 1.82) is 0 Å². The molecule has 0 spiro atoms.